The highest BCUT2D eigenvalue weighted by molar-refractivity contribution is 5.24. The van der Waals surface area contributed by atoms with Gasteiger partial charge >= 0.3 is 0 Å². The molecule has 0 N–H and O–H groups in total. The molecule has 2 heterocycles. The fraction of sp³-hybridized carbons (Fsp3) is 0.167. The van der Waals surface area contributed by atoms with Crippen molar-refractivity contribution in [2.45, 2.75) is 6.61 Å². The molecule has 55 valence electrons. The second-order valence-electron chi connectivity index (χ2n) is 2.04. The van der Waals surface area contributed by atoms with Gasteiger partial charge in [-0.05, 0) is 6.07 Å². The first-order chi connectivity index (χ1) is 5.40. The van der Waals surface area contributed by atoms with Crippen LogP contribution < -0.4 is 0 Å². The highest BCUT2D eigenvalue weighted by atomic mass is 16.3. The lowest BCUT2D eigenvalue weighted by atomic mass is 10.7. The van der Waals surface area contributed by atoms with Crippen LogP contribution in [0.25, 0.3) is 5.78 Å². The Bertz CT molecular complexity index is 336. The van der Waals surface area contributed by atoms with Crippen LogP contribution in [0.3, 0.4) is 0 Å². The molecule has 0 atom stereocenters. The molecule has 0 saturated heterocycles. The number of hydrogen-bond donors (Lipinski definition) is 0. The molecule has 5 heteroatoms. The van der Waals surface area contributed by atoms with E-state index in [9.17, 15) is 5.11 Å². The van der Waals surface area contributed by atoms with Crippen molar-refractivity contribution in [1.82, 2.24) is 19.6 Å². The maximum Gasteiger partial charge on any atom is 0.252 e. The minimum Gasteiger partial charge on any atom is -0.228 e. The molecule has 2 aromatic heterocycles. The standard InChI is InChI=1S/C6H5N4O/c11-4-5-8-6-7-2-1-3-10(6)9-5/h1-3H,4H2. The highest BCUT2D eigenvalue weighted by Crippen LogP contribution is 1.95. The zero-order valence-corrected chi connectivity index (χ0v) is 5.64. The largest absolute Gasteiger partial charge is 0.252 e. The lowest BCUT2D eigenvalue weighted by molar-refractivity contribution is 0.170. The molecule has 0 bridgehead atoms. The van der Waals surface area contributed by atoms with Gasteiger partial charge in [-0.2, -0.15) is 4.98 Å². The van der Waals surface area contributed by atoms with Gasteiger partial charge in [0.1, 0.15) is 6.61 Å². The predicted octanol–water partition coefficient (Wildman–Crippen LogP) is 0.0548. The van der Waals surface area contributed by atoms with E-state index in [2.05, 4.69) is 15.1 Å². The summed E-state index contributed by atoms with van der Waals surface area (Å²) >= 11 is 0. The number of rotatable bonds is 1. The van der Waals surface area contributed by atoms with Gasteiger partial charge in [0.15, 0.2) is 5.82 Å². The van der Waals surface area contributed by atoms with Crippen molar-refractivity contribution in [1.29, 1.82) is 0 Å². The van der Waals surface area contributed by atoms with Gasteiger partial charge < -0.3 is 0 Å². The minimum absolute atomic E-state index is 0.281. The Kier molecular flexibility index (Phi) is 1.29. The van der Waals surface area contributed by atoms with Gasteiger partial charge in [0, 0.05) is 12.4 Å². The Hall–Kier alpha value is -1.49. The molecule has 0 aromatic carbocycles. The summed E-state index contributed by atoms with van der Waals surface area (Å²) in [4.78, 5) is 7.76. The van der Waals surface area contributed by atoms with E-state index in [-0.39, 0.29) is 5.82 Å². The van der Waals surface area contributed by atoms with Gasteiger partial charge in [-0.25, -0.2) is 14.6 Å². The summed E-state index contributed by atoms with van der Waals surface area (Å²) in [6.07, 6.45) is 3.31. The molecular formula is C6H5N4O. The summed E-state index contributed by atoms with van der Waals surface area (Å²) in [6.45, 7) is -0.399. The molecule has 0 aliphatic rings. The molecule has 2 aromatic rings. The molecule has 11 heavy (non-hydrogen) atoms. The van der Waals surface area contributed by atoms with Gasteiger partial charge in [-0.15, -0.1) is 5.10 Å². The van der Waals surface area contributed by atoms with Crippen molar-refractivity contribution < 1.29 is 5.11 Å². The first-order valence-electron chi connectivity index (χ1n) is 3.14. The van der Waals surface area contributed by atoms with Crippen LogP contribution in [0.5, 0.6) is 0 Å². The fourth-order valence-corrected chi connectivity index (χ4v) is 0.837. The first-order valence-corrected chi connectivity index (χ1v) is 3.14. The first kappa shape index (κ1) is 6.23. The van der Waals surface area contributed by atoms with Crippen LogP contribution in [-0.2, 0) is 11.7 Å². The maximum absolute atomic E-state index is 10.3. The van der Waals surface area contributed by atoms with Crippen LogP contribution in [0.2, 0.25) is 0 Å². The van der Waals surface area contributed by atoms with Gasteiger partial charge in [-0.3, -0.25) is 0 Å². The Morgan fingerprint density at radius 1 is 1.55 bits per heavy atom. The third-order valence-corrected chi connectivity index (χ3v) is 1.29. The van der Waals surface area contributed by atoms with Gasteiger partial charge in [0.25, 0.3) is 5.78 Å². The third kappa shape index (κ3) is 0.947. The number of hydrogen-bond acceptors (Lipinski definition) is 3. The van der Waals surface area contributed by atoms with Crippen LogP contribution in [0, 0.1) is 0 Å². The maximum atomic E-state index is 10.3. The molecule has 2 rings (SSSR count). The van der Waals surface area contributed by atoms with Crippen LogP contribution in [-0.4, -0.2) is 19.6 Å². The summed E-state index contributed by atoms with van der Waals surface area (Å²) < 4.78 is 1.48. The number of fused-ring (bicyclic) bond motifs is 1. The predicted molar refractivity (Wildman–Crippen MR) is 35.2 cm³/mol. The van der Waals surface area contributed by atoms with Gasteiger partial charge in [0.2, 0.25) is 0 Å². The second kappa shape index (κ2) is 2.28. The molecular weight excluding hydrogens is 144 g/mol. The number of aromatic nitrogens is 4. The Labute approximate surface area is 62.3 Å². The van der Waals surface area contributed by atoms with E-state index < -0.39 is 6.61 Å². The fourth-order valence-electron chi connectivity index (χ4n) is 0.837. The second-order valence-corrected chi connectivity index (χ2v) is 2.04. The molecule has 0 aliphatic carbocycles. The van der Waals surface area contributed by atoms with Crippen LogP contribution in [0.15, 0.2) is 18.5 Å². The van der Waals surface area contributed by atoms with E-state index in [1.807, 2.05) is 0 Å². The molecule has 0 saturated carbocycles. The molecule has 5 nitrogen and oxygen atoms in total. The minimum atomic E-state index is -0.399. The van der Waals surface area contributed by atoms with E-state index in [1.165, 1.54) is 4.52 Å². The number of nitrogens with zero attached hydrogens (tertiary/aromatic N) is 4. The van der Waals surface area contributed by atoms with E-state index >= 15 is 0 Å². The van der Waals surface area contributed by atoms with E-state index in [0.29, 0.717) is 5.78 Å². The zero-order chi connectivity index (χ0) is 7.68. The lowest BCUT2D eigenvalue weighted by Crippen LogP contribution is -1.88. The Balaban J connectivity index is 2.69. The molecule has 0 aliphatic heterocycles. The average Bonchev–Trinajstić information content (AvgIpc) is 2.46. The van der Waals surface area contributed by atoms with Crippen molar-refractivity contribution in [3.63, 3.8) is 0 Å². The normalized spacial score (nSPS) is 10.6. The Morgan fingerprint density at radius 3 is 3.18 bits per heavy atom. The zero-order valence-electron chi connectivity index (χ0n) is 5.64. The summed E-state index contributed by atoms with van der Waals surface area (Å²) in [6, 6.07) is 1.73. The molecule has 0 spiro atoms. The molecule has 0 amide bonds. The van der Waals surface area contributed by atoms with Gasteiger partial charge in [-0.1, -0.05) is 0 Å². The van der Waals surface area contributed by atoms with Crippen molar-refractivity contribution in [3.8, 4) is 0 Å². The lowest BCUT2D eigenvalue weighted by Gasteiger charge is -1.83. The van der Waals surface area contributed by atoms with Crippen LogP contribution >= 0.6 is 0 Å². The third-order valence-electron chi connectivity index (χ3n) is 1.29. The monoisotopic (exact) mass is 149 g/mol. The highest BCUT2D eigenvalue weighted by Gasteiger charge is 2.00. The Morgan fingerprint density at radius 2 is 2.45 bits per heavy atom. The molecule has 1 radical (unpaired) electrons. The van der Waals surface area contributed by atoms with Crippen molar-refractivity contribution in [2.24, 2.45) is 0 Å². The van der Waals surface area contributed by atoms with Crippen molar-refractivity contribution in [3.05, 3.63) is 24.3 Å². The summed E-state index contributed by atoms with van der Waals surface area (Å²) in [5.74, 6) is 0.752. The van der Waals surface area contributed by atoms with Crippen molar-refractivity contribution in [2.75, 3.05) is 0 Å². The SMILES string of the molecule is [O]Cc1nc2ncccn2n1. The molecule has 0 unspecified atom stereocenters. The van der Waals surface area contributed by atoms with Crippen LogP contribution in [0.1, 0.15) is 5.82 Å². The summed E-state index contributed by atoms with van der Waals surface area (Å²) in [5, 5.41) is 14.2. The summed E-state index contributed by atoms with van der Waals surface area (Å²) in [7, 11) is 0. The average molecular weight is 149 g/mol. The van der Waals surface area contributed by atoms with E-state index in [1.54, 1.807) is 18.5 Å². The quantitative estimate of drug-likeness (QED) is 0.575. The summed E-state index contributed by atoms with van der Waals surface area (Å²) in [5.41, 5.74) is 0. The van der Waals surface area contributed by atoms with E-state index in [4.69, 9.17) is 0 Å². The topological polar surface area (TPSA) is 63.0 Å². The van der Waals surface area contributed by atoms with E-state index in [0.717, 1.165) is 0 Å². The van der Waals surface area contributed by atoms with Crippen LogP contribution in [0.4, 0.5) is 0 Å². The van der Waals surface area contributed by atoms with Gasteiger partial charge in [0.05, 0.1) is 0 Å². The van der Waals surface area contributed by atoms with Crippen molar-refractivity contribution >= 4 is 5.78 Å². The molecule has 0 fully saturated rings. The smallest absolute Gasteiger partial charge is 0.228 e.